The van der Waals surface area contributed by atoms with Crippen molar-refractivity contribution in [3.05, 3.63) is 102 Å². The number of esters is 2. The number of rotatable bonds is 23. The largest absolute Gasteiger partial charge is 0.488 e. The molecular formula is C47H65N5O12P2S2. The molecule has 0 saturated heterocycles. The van der Waals surface area contributed by atoms with E-state index in [1.807, 2.05) is 20.8 Å². The fourth-order valence-corrected chi connectivity index (χ4v) is 10.4. The highest BCUT2D eigenvalue weighted by molar-refractivity contribution is 8.58. The number of carbonyl (C=O) groups is 7. The van der Waals surface area contributed by atoms with E-state index in [2.05, 4.69) is 26.6 Å². The Bertz CT molecular complexity index is 2300. The van der Waals surface area contributed by atoms with E-state index >= 15 is 0 Å². The zero-order chi connectivity index (χ0) is 50.9. The fourth-order valence-electron chi connectivity index (χ4n) is 5.92. The average Bonchev–Trinajstić information content (AvgIpc) is 3.21. The van der Waals surface area contributed by atoms with Gasteiger partial charge >= 0.3 is 18.0 Å². The molecule has 3 aromatic rings. The second-order valence-corrected chi connectivity index (χ2v) is 31.5. The summed E-state index contributed by atoms with van der Waals surface area (Å²) in [4.78, 5) is 94.4. The second kappa shape index (κ2) is 26.0. The Labute approximate surface area is 407 Å². The SMILES string of the molecule is CC(C)(C)OC(=O)N[C@@H](Cc1ccc(OC(C)(C)C)cc1)C(=O)N[C@@H](CSP(C)(C)=O)C(=O)NCC(=O)N[C@@H](Cc1ccccc1)C(=O)N[C@@H](CSP(C)(C)=O)C(=O)OC(=O)Cc1ccccc1. The van der Waals surface area contributed by atoms with Crippen molar-refractivity contribution < 1.29 is 56.9 Å². The molecule has 0 bridgehead atoms. The van der Waals surface area contributed by atoms with Gasteiger partial charge in [-0.1, -0.05) is 95.6 Å². The lowest BCUT2D eigenvalue weighted by molar-refractivity contribution is -0.161. The number of alkyl carbamates (subject to hydrolysis) is 1. The molecule has 0 aromatic heterocycles. The van der Waals surface area contributed by atoms with Gasteiger partial charge in [0.15, 0.2) is 0 Å². The van der Waals surface area contributed by atoms with Crippen molar-refractivity contribution in [2.24, 2.45) is 0 Å². The molecule has 0 aliphatic rings. The first kappa shape index (κ1) is 57.2. The smallest absolute Gasteiger partial charge is 0.408 e. The molecule has 68 heavy (non-hydrogen) atoms. The van der Waals surface area contributed by atoms with Crippen molar-refractivity contribution in [2.75, 3.05) is 44.7 Å². The molecule has 5 amide bonds. The molecular weight excluding hydrogens is 953 g/mol. The Kier molecular flexibility index (Phi) is 21.9. The monoisotopic (exact) mass is 1020 g/mol. The van der Waals surface area contributed by atoms with Gasteiger partial charge in [-0.2, -0.15) is 0 Å². The van der Waals surface area contributed by atoms with Crippen LogP contribution in [0.1, 0.15) is 58.2 Å². The molecule has 0 unspecified atom stereocenters. The quantitative estimate of drug-likeness (QED) is 0.0418. The number of nitrogens with one attached hydrogen (secondary N) is 5. The third-order valence-electron chi connectivity index (χ3n) is 8.90. The first-order chi connectivity index (χ1) is 31.5. The Balaban J connectivity index is 1.81. The van der Waals surface area contributed by atoms with Gasteiger partial charge in [-0.05, 0) is 97.0 Å². The summed E-state index contributed by atoms with van der Waals surface area (Å²) in [5, 5.41) is 12.9. The van der Waals surface area contributed by atoms with Gasteiger partial charge < -0.3 is 49.9 Å². The minimum absolute atomic E-state index is 0.0207. The molecule has 372 valence electrons. The van der Waals surface area contributed by atoms with Crippen molar-refractivity contribution in [1.82, 2.24) is 26.6 Å². The molecule has 0 fully saturated rings. The minimum Gasteiger partial charge on any atom is -0.488 e. The van der Waals surface area contributed by atoms with Crippen LogP contribution >= 0.6 is 35.5 Å². The maximum atomic E-state index is 14.0. The zero-order valence-electron chi connectivity index (χ0n) is 40.2. The number of ether oxygens (including phenoxy) is 3. The van der Waals surface area contributed by atoms with Crippen LogP contribution in [0.25, 0.3) is 0 Å². The predicted molar refractivity (Wildman–Crippen MR) is 268 cm³/mol. The van der Waals surface area contributed by atoms with Gasteiger partial charge in [0.1, 0.15) is 53.8 Å². The van der Waals surface area contributed by atoms with Crippen LogP contribution in [0, 0.1) is 0 Å². The summed E-state index contributed by atoms with van der Waals surface area (Å²) in [6.45, 7) is 16.0. The maximum Gasteiger partial charge on any atom is 0.408 e. The van der Waals surface area contributed by atoms with E-state index in [0.717, 1.165) is 22.8 Å². The molecule has 21 heteroatoms. The van der Waals surface area contributed by atoms with Crippen LogP contribution in [0.4, 0.5) is 4.79 Å². The van der Waals surface area contributed by atoms with Gasteiger partial charge in [0.25, 0.3) is 0 Å². The highest BCUT2D eigenvalue weighted by Gasteiger charge is 2.33. The molecule has 17 nitrogen and oxygen atoms in total. The number of benzene rings is 3. The van der Waals surface area contributed by atoms with Gasteiger partial charge in [0.05, 0.1) is 13.0 Å². The summed E-state index contributed by atoms with van der Waals surface area (Å²) in [6, 6.07) is 18.8. The highest BCUT2D eigenvalue weighted by Crippen LogP contribution is 2.52. The first-order valence-electron chi connectivity index (χ1n) is 21.7. The lowest BCUT2D eigenvalue weighted by atomic mass is 10.0. The zero-order valence-corrected chi connectivity index (χ0v) is 43.7. The van der Waals surface area contributed by atoms with Gasteiger partial charge in [0.2, 0.25) is 23.6 Å². The van der Waals surface area contributed by atoms with Crippen LogP contribution in [0.15, 0.2) is 84.9 Å². The molecule has 0 aliphatic heterocycles. The maximum absolute atomic E-state index is 14.0. The van der Waals surface area contributed by atoms with Crippen LogP contribution in [0.2, 0.25) is 0 Å². The number of hydrogen-bond acceptors (Lipinski definition) is 14. The van der Waals surface area contributed by atoms with Crippen LogP contribution in [-0.2, 0) is 66.6 Å². The van der Waals surface area contributed by atoms with E-state index in [9.17, 15) is 42.7 Å². The van der Waals surface area contributed by atoms with E-state index in [1.54, 1.807) is 106 Å². The van der Waals surface area contributed by atoms with Crippen LogP contribution in [0.3, 0.4) is 0 Å². The van der Waals surface area contributed by atoms with Gasteiger partial charge in [-0.15, -0.1) is 0 Å². The van der Waals surface area contributed by atoms with Gasteiger partial charge in [-0.3, -0.25) is 24.0 Å². The highest BCUT2D eigenvalue weighted by atomic mass is 32.7. The molecule has 0 spiro atoms. The summed E-state index contributed by atoms with van der Waals surface area (Å²) in [6.07, 6.45) is -6.80. The van der Waals surface area contributed by atoms with E-state index in [1.165, 1.54) is 26.7 Å². The van der Waals surface area contributed by atoms with Crippen LogP contribution in [0.5, 0.6) is 5.75 Å². The number of hydrogen-bond donors (Lipinski definition) is 5. The summed E-state index contributed by atoms with van der Waals surface area (Å²) in [5.74, 6) is -5.02. The third-order valence-corrected chi connectivity index (χ3v) is 15.7. The molecule has 0 radical (unpaired) electrons. The standard InChI is InChI=1S/C47H65N5O12P2S2/c1-46(2,3)63-34-23-21-33(22-24-34)26-36(52-45(59)64-47(4,5)6)43(57)50-37(29-67-65(7,8)60)41(55)48-28-39(53)49-35(25-31-17-13-11-14-18-31)42(56)51-38(30-68-66(9,10)61)44(58)62-40(54)27-32-19-15-12-16-20-32/h11-24,35-38H,25-30H2,1-10H3,(H,48,55)(H,49,53)(H,50,57)(H,51,56)(H,52,59)/t35-,36-,37-,38-/m0/s1. The topological polar surface area (TPSA) is 241 Å². The summed E-state index contributed by atoms with van der Waals surface area (Å²) >= 11 is 1.86. The molecule has 3 aromatic carbocycles. The van der Waals surface area contributed by atoms with Crippen LogP contribution in [-0.4, -0.2) is 122 Å². The van der Waals surface area contributed by atoms with Crippen molar-refractivity contribution in [2.45, 2.75) is 96.2 Å². The predicted octanol–water partition coefficient (Wildman–Crippen LogP) is 5.97. The molecule has 0 saturated carbocycles. The van der Waals surface area contributed by atoms with E-state index in [0.29, 0.717) is 22.4 Å². The number of amides is 5. The van der Waals surface area contributed by atoms with Crippen LogP contribution < -0.4 is 31.3 Å². The van der Waals surface area contributed by atoms with E-state index in [4.69, 9.17) is 14.2 Å². The summed E-state index contributed by atoms with van der Waals surface area (Å²) in [7, 11) is 0. The Morgan fingerprint density at radius 3 is 1.53 bits per heavy atom. The van der Waals surface area contributed by atoms with Crippen molar-refractivity contribution in [3.8, 4) is 5.75 Å². The number of carbonyl (C=O) groups excluding carboxylic acids is 7. The van der Waals surface area contributed by atoms with Gasteiger partial charge in [-0.25, -0.2) is 9.59 Å². The Morgan fingerprint density at radius 1 is 0.559 bits per heavy atom. The van der Waals surface area contributed by atoms with E-state index < -0.39 is 96.3 Å². The second-order valence-electron chi connectivity index (χ2n) is 18.5. The molecule has 0 heterocycles. The Hall–Kier alpha value is -5.09. The molecule has 5 N–H and O–H groups in total. The van der Waals surface area contributed by atoms with E-state index in [-0.39, 0.29) is 30.8 Å². The molecule has 4 atom stereocenters. The summed E-state index contributed by atoms with van der Waals surface area (Å²) in [5.41, 5.74) is 0.510. The normalized spacial score (nSPS) is 13.6. The molecule has 3 rings (SSSR count). The molecule has 0 aliphatic carbocycles. The van der Waals surface area contributed by atoms with Crippen molar-refractivity contribution in [3.63, 3.8) is 0 Å². The lowest BCUT2D eigenvalue weighted by Gasteiger charge is -2.26. The van der Waals surface area contributed by atoms with Crippen molar-refractivity contribution in [1.29, 1.82) is 0 Å². The Morgan fingerprint density at radius 2 is 1.03 bits per heavy atom. The average molecular weight is 1020 g/mol. The lowest BCUT2D eigenvalue weighted by Crippen LogP contribution is -2.57. The summed E-state index contributed by atoms with van der Waals surface area (Å²) < 4.78 is 41.9. The van der Waals surface area contributed by atoms with Gasteiger partial charge in [0, 0.05) is 24.3 Å². The third kappa shape index (κ3) is 23.8. The van der Waals surface area contributed by atoms with Crippen molar-refractivity contribution >= 4 is 77.1 Å². The first-order valence-corrected chi connectivity index (χ1v) is 30.1. The minimum atomic E-state index is -2.82. The fraction of sp³-hybridized carbons (Fsp3) is 0.468.